The van der Waals surface area contributed by atoms with Crippen molar-refractivity contribution in [2.75, 3.05) is 6.61 Å². The summed E-state index contributed by atoms with van der Waals surface area (Å²) in [5, 5.41) is 0.706. The number of ether oxygens (including phenoxy) is 1. The van der Waals surface area contributed by atoms with E-state index in [1.54, 1.807) is 6.20 Å². The summed E-state index contributed by atoms with van der Waals surface area (Å²) >= 11 is 6.07. The van der Waals surface area contributed by atoms with Gasteiger partial charge in [0.2, 0.25) is 0 Å². The van der Waals surface area contributed by atoms with E-state index in [0.29, 0.717) is 11.0 Å². The summed E-state index contributed by atoms with van der Waals surface area (Å²) in [6.45, 7) is 4.75. The Kier molecular flexibility index (Phi) is 7.28. The van der Waals surface area contributed by atoms with Gasteiger partial charge in [0.25, 0.3) is 0 Å². The van der Waals surface area contributed by atoms with E-state index in [9.17, 15) is 0 Å². The monoisotopic (exact) mass is 449 g/mol. The van der Waals surface area contributed by atoms with Crippen molar-refractivity contribution in [2.45, 2.75) is 46.0 Å². The van der Waals surface area contributed by atoms with Gasteiger partial charge >= 0.3 is 6.01 Å². The minimum Gasteiger partial charge on any atom is -0.493 e. The van der Waals surface area contributed by atoms with Crippen LogP contribution in [0.3, 0.4) is 0 Å². The Morgan fingerprint density at radius 1 is 0.969 bits per heavy atom. The van der Waals surface area contributed by atoms with Crippen molar-refractivity contribution in [1.82, 2.24) is 14.5 Å². The first-order valence-corrected chi connectivity index (χ1v) is 11.4. The molecule has 32 heavy (non-hydrogen) atoms. The number of unbranched alkanes of at least 4 members (excludes halogenated alkanes) is 3. The molecular formula is C26H28ClN3O2. The molecule has 0 aliphatic heterocycles. The number of imidazole rings is 1. The van der Waals surface area contributed by atoms with Gasteiger partial charge in [-0.1, -0.05) is 54.8 Å². The van der Waals surface area contributed by atoms with Crippen LogP contribution >= 0.6 is 11.6 Å². The summed E-state index contributed by atoms with van der Waals surface area (Å²) in [7, 11) is 0. The van der Waals surface area contributed by atoms with Crippen molar-refractivity contribution in [3.8, 4) is 23.0 Å². The number of aromatic nitrogens is 3. The molecular weight excluding hydrogens is 422 g/mol. The SMILES string of the molecule is Cc1ccccc1OCCCCCCc1oc(-n2ccnc2C)nc1-c1ccc(Cl)cc1. The molecule has 0 radical (unpaired) electrons. The molecule has 2 aromatic carbocycles. The number of rotatable bonds is 10. The Balaban J connectivity index is 1.35. The zero-order chi connectivity index (χ0) is 22.3. The van der Waals surface area contributed by atoms with Gasteiger partial charge in [0.15, 0.2) is 0 Å². The Bertz CT molecular complexity index is 1150. The number of para-hydroxylation sites is 1. The molecule has 0 spiro atoms. The third kappa shape index (κ3) is 5.40. The minimum absolute atomic E-state index is 0.548. The predicted octanol–water partition coefficient (Wildman–Crippen LogP) is 6.98. The van der Waals surface area contributed by atoms with E-state index in [1.165, 1.54) is 5.56 Å². The molecule has 166 valence electrons. The molecule has 5 nitrogen and oxygen atoms in total. The quantitative estimate of drug-likeness (QED) is 0.245. The fourth-order valence-corrected chi connectivity index (χ4v) is 3.79. The number of nitrogens with zero attached hydrogens (tertiary/aromatic N) is 3. The first kappa shape index (κ1) is 22.2. The van der Waals surface area contributed by atoms with Gasteiger partial charge in [-0.3, -0.25) is 4.57 Å². The average molecular weight is 450 g/mol. The van der Waals surface area contributed by atoms with Crippen molar-refractivity contribution in [3.63, 3.8) is 0 Å². The Morgan fingerprint density at radius 2 is 1.75 bits per heavy atom. The van der Waals surface area contributed by atoms with Crippen LogP contribution in [0.25, 0.3) is 17.3 Å². The summed E-state index contributed by atoms with van der Waals surface area (Å²) in [6.07, 6.45) is 8.74. The topological polar surface area (TPSA) is 53.1 Å². The van der Waals surface area contributed by atoms with E-state index < -0.39 is 0 Å². The van der Waals surface area contributed by atoms with E-state index in [0.717, 1.165) is 67.3 Å². The highest BCUT2D eigenvalue weighted by molar-refractivity contribution is 6.30. The van der Waals surface area contributed by atoms with Crippen LogP contribution in [0.15, 0.2) is 65.3 Å². The van der Waals surface area contributed by atoms with E-state index in [1.807, 2.05) is 60.2 Å². The lowest BCUT2D eigenvalue weighted by Crippen LogP contribution is -1.98. The third-order valence-electron chi connectivity index (χ3n) is 5.48. The number of aryl methyl sites for hydroxylation is 3. The minimum atomic E-state index is 0.548. The molecule has 0 amide bonds. The van der Waals surface area contributed by atoms with Gasteiger partial charge in [-0.05, 0) is 50.5 Å². The van der Waals surface area contributed by atoms with Gasteiger partial charge < -0.3 is 9.15 Å². The standard InChI is InChI=1S/C26H28ClN3O2/c1-19-9-6-7-10-23(19)31-18-8-4-3-5-11-24-25(21-12-14-22(27)15-13-21)29-26(32-24)30-17-16-28-20(30)2/h6-7,9-10,12-17H,3-5,8,11,18H2,1-2H3. The first-order valence-electron chi connectivity index (χ1n) is 11.1. The Morgan fingerprint density at radius 3 is 2.50 bits per heavy atom. The number of hydrogen-bond acceptors (Lipinski definition) is 4. The second kappa shape index (κ2) is 10.5. The largest absolute Gasteiger partial charge is 0.493 e. The van der Waals surface area contributed by atoms with Crippen LogP contribution < -0.4 is 4.74 Å². The summed E-state index contributed by atoms with van der Waals surface area (Å²) in [4.78, 5) is 9.06. The number of hydrogen-bond donors (Lipinski definition) is 0. The van der Waals surface area contributed by atoms with Gasteiger partial charge in [-0.15, -0.1) is 0 Å². The Labute approximate surface area is 194 Å². The van der Waals surface area contributed by atoms with E-state index in [2.05, 4.69) is 18.0 Å². The van der Waals surface area contributed by atoms with Gasteiger partial charge in [0.1, 0.15) is 23.0 Å². The van der Waals surface area contributed by atoms with Crippen molar-refractivity contribution in [1.29, 1.82) is 0 Å². The lowest BCUT2D eigenvalue weighted by Gasteiger charge is -2.08. The maximum atomic E-state index is 6.18. The predicted molar refractivity (Wildman–Crippen MR) is 128 cm³/mol. The second-order valence-electron chi connectivity index (χ2n) is 7.90. The fourth-order valence-electron chi connectivity index (χ4n) is 3.67. The van der Waals surface area contributed by atoms with Crippen molar-refractivity contribution in [3.05, 3.63) is 83.1 Å². The molecule has 0 aliphatic rings. The molecule has 0 N–H and O–H groups in total. The molecule has 2 heterocycles. The van der Waals surface area contributed by atoms with Crippen LogP contribution in [0.5, 0.6) is 5.75 Å². The molecule has 2 aromatic heterocycles. The molecule has 4 rings (SSSR count). The number of halogens is 1. The maximum absolute atomic E-state index is 6.18. The van der Waals surface area contributed by atoms with Gasteiger partial charge in [-0.25, -0.2) is 4.98 Å². The van der Waals surface area contributed by atoms with E-state index in [-0.39, 0.29) is 0 Å². The lowest BCUT2D eigenvalue weighted by atomic mass is 10.1. The summed E-state index contributed by atoms with van der Waals surface area (Å²) < 4.78 is 13.9. The molecule has 0 fully saturated rings. The number of benzene rings is 2. The van der Waals surface area contributed by atoms with E-state index in [4.69, 9.17) is 25.7 Å². The molecule has 4 aromatic rings. The third-order valence-corrected chi connectivity index (χ3v) is 5.74. The lowest BCUT2D eigenvalue weighted by molar-refractivity contribution is 0.302. The van der Waals surface area contributed by atoms with Gasteiger partial charge in [0.05, 0.1) is 6.61 Å². The summed E-state index contributed by atoms with van der Waals surface area (Å²) in [6, 6.07) is 16.4. The summed E-state index contributed by atoms with van der Waals surface area (Å²) in [5.41, 5.74) is 3.05. The van der Waals surface area contributed by atoms with Crippen LogP contribution in [0, 0.1) is 13.8 Å². The summed E-state index contributed by atoms with van der Waals surface area (Å²) in [5.74, 6) is 2.71. The van der Waals surface area contributed by atoms with Crippen molar-refractivity contribution >= 4 is 11.6 Å². The highest BCUT2D eigenvalue weighted by Gasteiger charge is 2.17. The molecule has 0 unspecified atom stereocenters. The fraction of sp³-hybridized carbons (Fsp3) is 0.308. The highest BCUT2D eigenvalue weighted by atomic mass is 35.5. The van der Waals surface area contributed by atoms with Crippen LogP contribution in [0.2, 0.25) is 5.02 Å². The van der Waals surface area contributed by atoms with Crippen LogP contribution in [0.1, 0.15) is 42.8 Å². The zero-order valence-corrected chi connectivity index (χ0v) is 19.3. The van der Waals surface area contributed by atoms with Gasteiger partial charge in [0, 0.05) is 29.4 Å². The Hall–Kier alpha value is -3.05. The van der Waals surface area contributed by atoms with Crippen molar-refractivity contribution < 1.29 is 9.15 Å². The van der Waals surface area contributed by atoms with E-state index >= 15 is 0 Å². The van der Waals surface area contributed by atoms with Crippen LogP contribution in [-0.2, 0) is 6.42 Å². The maximum Gasteiger partial charge on any atom is 0.307 e. The molecule has 0 aliphatic carbocycles. The molecule has 0 saturated heterocycles. The molecule has 6 heteroatoms. The molecule has 0 bridgehead atoms. The normalized spacial score (nSPS) is 11.1. The van der Waals surface area contributed by atoms with Crippen LogP contribution in [-0.4, -0.2) is 21.1 Å². The smallest absolute Gasteiger partial charge is 0.307 e. The van der Waals surface area contributed by atoms with Crippen molar-refractivity contribution in [2.24, 2.45) is 0 Å². The highest BCUT2D eigenvalue weighted by Crippen LogP contribution is 2.28. The van der Waals surface area contributed by atoms with Gasteiger partial charge in [-0.2, -0.15) is 4.98 Å². The number of oxazole rings is 1. The second-order valence-corrected chi connectivity index (χ2v) is 8.33. The first-order chi connectivity index (χ1) is 15.6. The zero-order valence-electron chi connectivity index (χ0n) is 18.6. The average Bonchev–Trinajstić information content (AvgIpc) is 3.41. The molecule has 0 saturated carbocycles. The molecule has 0 atom stereocenters. The van der Waals surface area contributed by atoms with Crippen LogP contribution in [0.4, 0.5) is 0 Å².